The molecule has 1 amide bonds. The van der Waals surface area contributed by atoms with Crippen LogP contribution in [0.15, 0.2) is 60.2 Å². The van der Waals surface area contributed by atoms with Gasteiger partial charge in [0.15, 0.2) is 11.5 Å². The normalized spacial score (nSPS) is 11.0. The third-order valence-corrected chi connectivity index (χ3v) is 6.02. The number of benzene rings is 3. The van der Waals surface area contributed by atoms with Gasteiger partial charge in [-0.15, -0.1) is 0 Å². The first kappa shape index (κ1) is 25.2. The Morgan fingerprint density at radius 2 is 1.79 bits per heavy atom. The van der Waals surface area contributed by atoms with Gasteiger partial charge in [-0.3, -0.25) is 4.79 Å². The van der Waals surface area contributed by atoms with Crippen molar-refractivity contribution in [3.05, 3.63) is 89.9 Å². The van der Waals surface area contributed by atoms with Gasteiger partial charge in [-0.05, 0) is 82.3 Å². The minimum absolute atomic E-state index is 0.112. The molecule has 0 unspecified atom stereocenters. The van der Waals surface area contributed by atoms with Crippen molar-refractivity contribution in [2.45, 2.75) is 6.61 Å². The summed E-state index contributed by atoms with van der Waals surface area (Å²) in [5, 5.41) is 13.5. The molecule has 168 valence electrons. The summed E-state index contributed by atoms with van der Waals surface area (Å²) in [4.78, 5) is 12.6. The van der Waals surface area contributed by atoms with Crippen LogP contribution in [0.1, 0.15) is 11.1 Å². The highest BCUT2D eigenvalue weighted by molar-refractivity contribution is 14.1. The van der Waals surface area contributed by atoms with Crippen LogP contribution in [0.5, 0.6) is 11.5 Å². The first-order valence-electron chi connectivity index (χ1n) is 9.43. The molecule has 5 nitrogen and oxygen atoms in total. The fourth-order valence-electron chi connectivity index (χ4n) is 2.80. The summed E-state index contributed by atoms with van der Waals surface area (Å²) in [5.74, 6) is 0.412. The number of amides is 1. The van der Waals surface area contributed by atoms with Gasteiger partial charge in [0.1, 0.15) is 18.2 Å². The minimum Gasteiger partial charge on any atom is -0.493 e. The first-order chi connectivity index (χ1) is 15.8. The molecule has 0 fully saturated rings. The molecule has 0 atom stereocenters. The van der Waals surface area contributed by atoms with Crippen LogP contribution >= 0.6 is 57.4 Å². The molecule has 33 heavy (non-hydrogen) atoms. The number of ether oxygens (including phenoxy) is 2. The third kappa shape index (κ3) is 6.78. The highest BCUT2D eigenvalue weighted by Gasteiger charge is 2.15. The second kappa shape index (κ2) is 11.6. The van der Waals surface area contributed by atoms with E-state index in [0.717, 1.165) is 9.13 Å². The van der Waals surface area contributed by atoms with E-state index in [9.17, 15) is 10.1 Å². The average molecular weight is 614 g/mol. The number of nitrogens with one attached hydrogen (secondary N) is 1. The lowest BCUT2D eigenvalue weighted by Crippen LogP contribution is -2.13. The molecular weight excluding hydrogens is 598 g/mol. The van der Waals surface area contributed by atoms with Gasteiger partial charge < -0.3 is 14.8 Å². The fourth-order valence-corrected chi connectivity index (χ4v) is 4.04. The Kier molecular flexibility index (Phi) is 8.87. The van der Waals surface area contributed by atoms with Crippen LogP contribution < -0.4 is 14.8 Å². The number of methoxy groups -OCH3 is 1. The summed E-state index contributed by atoms with van der Waals surface area (Å²) in [6.07, 6.45) is 1.46. The largest absolute Gasteiger partial charge is 0.493 e. The number of halogens is 4. The SMILES string of the molecule is COc1cc(/C=C(\C#N)C(=O)Nc2cc(Cl)ccc2Cl)cc(I)c1OCc1ccc(Cl)cc1. The van der Waals surface area contributed by atoms with E-state index >= 15 is 0 Å². The molecule has 9 heteroatoms. The number of rotatable bonds is 7. The molecule has 0 saturated heterocycles. The molecule has 1 N–H and O–H groups in total. The maximum absolute atomic E-state index is 12.6. The van der Waals surface area contributed by atoms with Crippen molar-refractivity contribution in [2.24, 2.45) is 0 Å². The number of hydrogen-bond acceptors (Lipinski definition) is 4. The Morgan fingerprint density at radius 3 is 2.45 bits per heavy atom. The maximum atomic E-state index is 12.6. The number of carbonyl (C=O) groups excluding carboxylic acids is 1. The predicted octanol–water partition coefficient (Wildman–Crippen LogP) is 7.38. The highest BCUT2D eigenvalue weighted by atomic mass is 127. The molecular formula is C24H16Cl3IN2O3. The van der Waals surface area contributed by atoms with Gasteiger partial charge in [-0.1, -0.05) is 46.9 Å². The van der Waals surface area contributed by atoms with Crippen molar-refractivity contribution < 1.29 is 14.3 Å². The topological polar surface area (TPSA) is 71.3 Å². The van der Waals surface area contributed by atoms with Crippen molar-refractivity contribution in [3.8, 4) is 17.6 Å². The van der Waals surface area contributed by atoms with E-state index in [4.69, 9.17) is 44.3 Å². The summed E-state index contributed by atoms with van der Waals surface area (Å²) in [5.41, 5.74) is 1.75. The Hall–Kier alpha value is -2.44. The van der Waals surface area contributed by atoms with E-state index in [1.165, 1.54) is 19.3 Å². The van der Waals surface area contributed by atoms with Gasteiger partial charge in [-0.2, -0.15) is 5.26 Å². The van der Waals surface area contributed by atoms with Gasteiger partial charge in [0.2, 0.25) is 0 Å². The molecule has 0 aliphatic rings. The van der Waals surface area contributed by atoms with Crippen LogP contribution in [0.2, 0.25) is 15.1 Å². The minimum atomic E-state index is -0.612. The fraction of sp³-hybridized carbons (Fsp3) is 0.0833. The molecule has 3 aromatic carbocycles. The van der Waals surface area contributed by atoms with E-state index in [0.29, 0.717) is 44.4 Å². The molecule has 0 aliphatic carbocycles. The Labute approximate surface area is 220 Å². The van der Waals surface area contributed by atoms with Crippen LogP contribution in [-0.4, -0.2) is 13.0 Å². The molecule has 0 heterocycles. The lowest BCUT2D eigenvalue weighted by Gasteiger charge is -2.14. The zero-order valence-electron chi connectivity index (χ0n) is 17.2. The highest BCUT2D eigenvalue weighted by Crippen LogP contribution is 2.35. The molecule has 0 aliphatic heterocycles. The molecule has 3 aromatic rings. The summed E-state index contributed by atoms with van der Waals surface area (Å²) in [7, 11) is 1.52. The van der Waals surface area contributed by atoms with Crippen LogP contribution in [-0.2, 0) is 11.4 Å². The lowest BCUT2D eigenvalue weighted by molar-refractivity contribution is -0.112. The second-order valence-electron chi connectivity index (χ2n) is 6.70. The number of carbonyl (C=O) groups is 1. The van der Waals surface area contributed by atoms with Gasteiger partial charge in [-0.25, -0.2) is 0 Å². The maximum Gasteiger partial charge on any atom is 0.266 e. The van der Waals surface area contributed by atoms with Gasteiger partial charge >= 0.3 is 0 Å². The van der Waals surface area contributed by atoms with E-state index < -0.39 is 5.91 Å². The van der Waals surface area contributed by atoms with E-state index in [1.54, 1.807) is 36.4 Å². The number of hydrogen-bond donors (Lipinski definition) is 1. The van der Waals surface area contributed by atoms with Crippen LogP contribution in [0, 0.1) is 14.9 Å². The van der Waals surface area contributed by atoms with Crippen molar-refractivity contribution in [1.82, 2.24) is 0 Å². The summed E-state index contributed by atoms with van der Waals surface area (Å²) in [6, 6.07) is 17.4. The standard InChI is InChI=1S/C24H16Cl3IN2O3/c1-32-22-10-15(9-20(28)23(22)33-13-14-2-4-17(25)5-3-14)8-16(12-29)24(31)30-21-11-18(26)6-7-19(21)27/h2-11H,13H2,1H3,(H,30,31)/b16-8+. The Bertz CT molecular complexity index is 1260. The molecule has 0 spiro atoms. The van der Waals surface area contributed by atoms with Gasteiger partial charge in [0.05, 0.1) is 21.4 Å². The van der Waals surface area contributed by atoms with Crippen LogP contribution in [0.3, 0.4) is 0 Å². The van der Waals surface area contributed by atoms with Crippen molar-refractivity contribution in [3.63, 3.8) is 0 Å². The molecule has 3 rings (SSSR count). The van der Waals surface area contributed by atoms with Crippen molar-refractivity contribution in [1.29, 1.82) is 5.26 Å². The first-order valence-corrected chi connectivity index (χ1v) is 11.6. The summed E-state index contributed by atoms with van der Waals surface area (Å²) in [6.45, 7) is 0.324. The second-order valence-corrected chi connectivity index (χ2v) is 9.14. The van der Waals surface area contributed by atoms with Crippen molar-refractivity contribution >= 4 is 75.1 Å². The average Bonchev–Trinajstić information content (AvgIpc) is 2.79. The summed E-state index contributed by atoms with van der Waals surface area (Å²) < 4.78 is 12.2. The zero-order chi connectivity index (χ0) is 24.0. The molecule has 0 aromatic heterocycles. The van der Waals surface area contributed by atoms with Gasteiger partial charge in [0.25, 0.3) is 5.91 Å². The van der Waals surface area contributed by atoms with Gasteiger partial charge in [0, 0.05) is 10.0 Å². The zero-order valence-corrected chi connectivity index (χ0v) is 21.6. The van der Waals surface area contributed by atoms with E-state index in [2.05, 4.69) is 27.9 Å². The number of nitriles is 1. The summed E-state index contributed by atoms with van der Waals surface area (Å²) >= 11 is 20.1. The third-order valence-electron chi connectivity index (χ3n) is 4.40. The molecule has 0 radical (unpaired) electrons. The van der Waals surface area contributed by atoms with Crippen molar-refractivity contribution in [2.75, 3.05) is 12.4 Å². The number of anilines is 1. The lowest BCUT2D eigenvalue weighted by atomic mass is 10.1. The molecule has 0 bridgehead atoms. The molecule has 0 saturated carbocycles. The Morgan fingerprint density at radius 1 is 1.09 bits per heavy atom. The number of nitrogens with zero attached hydrogens (tertiary/aromatic N) is 1. The van der Waals surface area contributed by atoms with E-state index in [-0.39, 0.29) is 5.57 Å². The Balaban J connectivity index is 1.83. The smallest absolute Gasteiger partial charge is 0.266 e. The predicted molar refractivity (Wildman–Crippen MR) is 140 cm³/mol. The van der Waals surface area contributed by atoms with Crippen LogP contribution in [0.4, 0.5) is 5.69 Å². The van der Waals surface area contributed by atoms with E-state index in [1.807, 2.05) is 18.2 Å². The monoisotopic (exact) mass is 612 g/mol. The van der Waals surface area contributed by atoms with Crippen LogP contribution in [0.25, 0.3) is 6.08 Å². The quantitative estimate of drug-likeness (QED) is 0.172.